The van der Waals surface area contributed by atoms with Gasteiger partial charge in [-0.05, 0) is 19.4 Å². The fourth-order valence-corrected chi connectivity index (χ4v) is 3.94. The summed E-state index contributed by atoms with van der Waals surface area (Å²) in [5.41, 5.74) is 0.715. The first kappa shape index (κ1) is 13.9. The van der Waals surface area contributed by atoms with Crippen molar-refractivity contribution in [3.63, 3.8) is 0 Å². The molecule has 6 heteroatoms. The number of rotatable bonds is 3. The number of fused-ring (bicyclic) bond motifs is 1. The highest BCUT2D eigenvalue weighted by Gasteiger charge is 2.25. The molecule has 2 aromatic heterocycles. The van der Waals surface area contributed by atoms with Crippen LogP contribution in [0.25, 0.3) is 11.0 Å². The zero-order chi connectivity index (χ0) is 15.1. The van der Waals surface area contributed by atoms with Gasteiger partial charge in [0.15, 0.2) is 5.65 Å². The van der Waals surface area contributed by atoms with E-state index < -0.39 is 0 Å². The number of hydrogen-bond donors (Lipinski definition) is 1. The lowest BCUT2D eigenvalue weighted by Gasteiger charge is -2.13. The topological polar surface area (TPSA) is 66.8 Å². The summed E-state index contributed by atoms with van der Waals surface area (Å²) in [5.74, 6) is 1.51. The number of likely N-dealkylation sites (tertiary alicyclic amines) is 1. The fraction of sp³-hybridized carbons (Fsp3) is 0.688. The molecule has 0 amide bonds. The molecule has 0 spiro atoms. The summed E-state index contributed by atoms with van der Waals surface area (Å²) in [4.78, 5) is 22.3. The van der Waals surface area contributed by atoms with Crippen molar-refractivity contribution in [3.05, 3.63) is 22.4 Å². The predicted octanol–water partition coefficient (Wildman–Crippen LogP) is 1.73. The van der Waals surface area contributed by atoms with Crippen LogP contribution in [-0.4, -0.2) is 44.8 Å². The van der Waals surface area contributed by atoms with Gasteiger partial charge in [-0.1, -0.05) is 25.7 Å². The van der Waals surface area contributed by atoms with Crippen molar-refractivity contribution in [1.82, 2.24) is 24.6 Å². The van der Waals surface area contributed by atoms with Crippen LogP contribution in [0.5, 0.6) is 0 Å². The first-order valence-corrected chi connectivity index (χ1v) is 8.35. The standard InChI is InChI=1S/C16H23N5O/c1-20-7-6-12(10-20)21-15-13(9-17-21)16(22)19-14(18-15)8-11-4-2-3-5-11/h9,11-12H,2-8,10H2,1H3,(H,18,19,22). The van der Waals surface area contributed by atoms with Crippen LogP contribution in [0.1, 0.15) is 44.0 Å². The minimum atomic E-state index is -0.0457. The summed E-state index contributed by atoms with van der Waals surface area (Å²) in [6, 6.07) is 0.330. The Kier molecular flexibility index (Phi) is 3.48. The number of aromatic amines is 1. The molecule has 0 aromatic carbocycles. The molecule has 1 aliphatic carbocycles. The van der Waals surface area contributed by atoms with Gasteiger partial charge >= 0.3 is 0 Å². The lowest BCUT2D eigenvalue weighted by molar-refractivity contribution is 0.385. The minimum Gasteiger partial charge on any atom is -0.310 e. The molecule has 2 aromatic rings. The lowest BCUT2D eigenvalue weighted by Crippen LogP contribution is -2.19. The third-order valence-corrected chi connectivity index (χ3v) is 5.18. The number of aromatic nitrogens is 4. The number of H-pyrrole nitrogens is 1. The van der Waals surface area contributed by atoms with Gasteiger partial charge in [-0.2, -0.15) is 5.10 Å². The first-order valence-electron chi connectivity index (χ1n) is 8.35. The molecule has 3 heterocycles. The van der Waals surface area contributed by atoms with E-state index in [1.807, 2.05) is 4.68 Å². The molecule has 1 saturated carbocycles. The van der Waals surface area contributed by atoms with E-state index >= 15 is 0 Å². The molecule has 1 unspecified atom stereocenters. The number of hydrogen-bond acceptors (Lipinski definition) is 4. The normalized spacial score (nSPS) is 23.8. The molecule has 0 bridgehead atoms. The van der Waals surface area contributed by atoms with Crippen molar-refractivity contribution >= 4 is 11.0 Å². The monoisotopic (exact) mass is 301 g/mol. The largest absolute Gasteiger partial charge is 0.310 e. The second kappa shape index (κ2) is 5.50. The zero-order valence-electron chi connectivity index (χ0n) is 13.1. The van der Waals surface area contributed by atoms with E-state index in [0.717, 1.165) is 37.4 Å². The van der Waals surface area contributed by atoms with Crippen LogP contribution >= 0.6 is 0 Å². The molecule has 1 N–H and O–H groups in total. The Morgan fingerprint density at radius 2 is 2.14 bits per heavy atom. The van der Waals surface area contributed by atoms with Gasteiger partial charge in [-0.15, -0.1) is 0 Å². The van der Waals surface area contributed by atoms with Crippen molar-refractivity contribution in [2.45, 2.75) is 44.6 Å². The summed E-state index contributed by atoms with van der Waals surface area (Å²) in [7, 11) is 2.12. The van der Waals surface area contributed by atoms with E-state index in [1.165, 1.54) is 25.7 Å². The highest BCUT2D eigenvalue weighted by Crippen LogP contribution is 2.27. The van der Waals surface area contributed by atoms with Crippen LogP contribution in [0.4, 0.5) is 0 Å². The predicted molar refractivity (Wildman–Crippen MR) is 85.0 cm³/mol. The molecule has 1 aliphatic heterocycles. The van der Waals surface area contributed by atoms with Gasteiger partial charge in [0, 0.05) is 19.5 Å². The maximum atomic E-state index is 12.3. The van der Waals surface area contributed by atoms with Gasteiger partial charge in [0.25, 0.3) is 5.56 Å². The highest BCUT2D eigenvalue weighted by atomic mass is 16.1. The third-order valence-electron chi connectivity index (χ3n) is 5.18. The SMILES string of the molecule is CN1CCC(n2ncc3c(=O)[nH]c(CC4CCCC4)nc32)C1. The van der Waals surface area contributed by atoms with Crippen molar-refractivity contribution in [2.75, 3.05) is 20.1 Å². The fourth-order valence-electron chi connectivity index (χ4n) is 3.94. The second-order valence-electron chi connectivity index (χ2n) is 6.90. The van der Waals surface area contributed by atoms with E-state index in [-0.39, 0.29) is 5.56 Å². The molecule has 2 fully saturated rings. The van der Waals surface area contributed by atoms with E-state index in [9.17, 15) is 4.79 Å². The second-order valence-corrected chi connectivity index (χ2v) is 6.90. The Morgan fingerprint density at radius 1 is 1.32 bits per heavy atom. The van der Waals surface area contributed by atoms with Crippen LogP contribution in [0.3, 0.4) is 0 Å². The number of nitrogens with one attached hydrogen (secondary N) is 1. The molecule has 1 saturated heterocycles. The van der Waals surface area contributed by atoms with E-state index in [4.69, 9.17) is 4.98 Å². The smallest absolute Gasteiger partial charge is 0.262 e. The Bertz CT molecular complexity index is 728. The van der Waals surface area contributed by atoms with Gasteiger partial charge in [0.2, 0.25) is 0 Å². The molecule has 118 valence electrons. The average molecular weight is 301 g/mol. The minimum absolute atomic E-state index is 0.0457. The molecule has 1 atom stereocenters. The van der Waals surface area contributed by atoms with Crippen molar-refractivity contribution < 1.29 is 0 Å². The lowest BCUT2D eigenvalue weighted by atomic mass is 10.0. The molecular formula is C16H23N5O. The highest BCUT2D eigenvalue weighted by molar-refractivity contribution is 5.73. The number of nitrogens with zero attached hydrogens (tertiary/aromatic N) is 4. The summed E-state index contributed by atoms with van der Waals surface area (Å²) in [6.45, 7) is 2.05. The van der Waals surface area contributed by atoms with E-state index in [2.05, 4.69) is 22.0 Å². The van der Waals surface area contributed by atoms with Gasteiger partial charge in [-0.25, -0.2) is 9.67 Å². The Labute approximate surface area is 129 Å². The van der Waals surface area contributed by atoms with Gasteiger partial charge in [0.05, 0.1) is 12.2 Å². The quantitative estimate of drug-likeness (QED) is 0.937. The Balaban J connectivity index is 1.69. The van der Waals surface area contributed by atoms with Crippen molar-refractivity contribution in [1.29, 1.82) is 0 Å². The number of likely N-dealkylation sites (N-methyl/N-ethyl adjacent to an activating group) is 1. The van der Waals surface area contributed by atoms with Crippen LogP contribution in [0.2, 0.25) is 0 Å². The van der Waals surface area contributed by atoms with Gasteiger partial charge in [0.1, 0.15) is 11.2 Å². The third kappa shape index (κ3) is 2.45. The molecule has 0 radical (unpaired) electrons. The van der Waals surface area contributed by atoms with Crippen LogP contribution in [0.15, 0.2) is 11.0 Å². The summed E-state index contributed by atoms with van der Waals surface area (Å²) >= 11 is 0. The van der Waals surface area contributed by atoms with Crippen molar-refractivity contribution in [2.24, 2.45) is 5.92 Å². The Hall–Kier alpha value is -1.69. The summed E-state index contributed by atoms with van der Waals surface area (Å²) < 4.78 is 1.96. The summed E-state index contributed by atoms with van der Waals surface area (Å²) in [5, 5.41) is 5.07. The van der Waals surface area contributed by atoms with Crippen LogP contribution in [-0.2, 0) is 6.42 Å². The molecule has 2 aliphatic rings. The maximum Gasteiger partial charge on any atom is 0.262 e. The van der Waals surface area contributed by atoms with E-state index in [0.29, 0.717) is 17.3 Å². The average Bonchev–Trinajstić information content (AvgIpc) is 3.19. The first-order chi connectivity index (χ1) is 10.7. The maximum absolute atomic E-state index is 12.3. The van der Waals surface area contributed by atoms with Crippen LogP contribution < -0.4 is 5.56 Å². The molecule has 22 heavy (non-hydrogen) atoms. The zero-order valence-corrected chi connectivity index (χ0v) is 13.1. The summed E-state index contributed by atoms with van der Waals surface area (Å²) in [6.07, 6.45) is 8.76. The Morgan fingerprint density at radius 3 is 2.86 bits per heavy atom. The van der Waals surface area contributed by atoms with Gasteiger partial charge < -0.3 is 9.88 Å². The van der Waals surface area contributed by atoms with E-state index in [1.54, 1.807) is 6.20 Å². The molecular weight excluding hydrogens is 278 g/mol. The molecule has 4 rings (SSSR count). The van der Waals surface area contributed by atoms with Gasteiger partial charge in [-0.3, -0.25) is 4.79 Å². The van der Waals surface area contributed by atoms with Crippen molar-refractivity contribution in [3.8, 4) is 0 Å². The molecule has 6 nitrogen and oxygen atoms in total. The van der Waals surface area contributed by atoms with Crippen LogP contribution in [0, 0.1) is 5.92 Å².